The second-order valence-electron chi connectivity index (χ2n) is 7.76. The van der Waals surface area contributed by atoms with Crippen LogP contribution in [0, 0.1) is 6.92 Å². The molecule has 0 aliphatic carbocycles. The minimum absolute atomic E-state index is 0.0247. The third-order valence-electron chi connectivity index (χ3n) is 5.64. The number of ether oxygens (including phenoxy) is 2. The quantitative estimate of drug-likeness (QED) is 0.269. The van der Waals surface area contributed by atoms with Crippen LogP contribution in [-0.4, -0.2) is 49.1 Å². The number of carbonyl (C=O) groups is 2. The van der Waals surface area contributed by atoms with Crippen LogP contribution in [0.2, 0.25) is 5.02 Å². The van der Waals surface area contributed by atoms with Gasteiger partial charge in [0, 0.05) is 20.3 Å². The van der Waals surface area contributed by atoms with Crippen LogP contribution in [0.3, 0.4) is 0 Å². The number of amides is 1. The minimum atomic E-state index is -0.732. The number of nitrogens with zero attached hydrogens (tertiary/aromatic N) is 1. The Morgan fingerprint density at radius 3 is 2.44 bits per heavy atom. The van der Waals surface area contributed by atoms with Gasteiger partial charge in [-0.05, 0) is 48.6 Å². The van der Waals surface area contributed by atoms with E-state index in [1.54, 1.807) is 19.2 Å². The third-order valence-corrected chi connectivity index (χ3v) is 5.92. The summed E-state index contributed by atoms with van der Waals surface area (Å²) >= 11 is 6.32. The highest BCUT2D eigenvalue weighted by Gasteiger charge is 2.46. The summed E-state index contributed by atoms with van der Waals surface area (Å²) < 4.78 is 10.5. The van der Waals surface area contributed by atoms with Crippen molar-refractivity contribution in [1.29, 1.82) is 0 Å². The zero-order valence-electron chi connectivity index (χ0n) is 18.8. The molecule has 3 rings (SSSR count). The molecule has 1 atom stereocenters. The molecule has 1 amide bonds. The Bertz CT molecular complexity index is 1050. The predicted octanol–water partition coefficient (Wildman–Crippen LogP) is 4.68. The number of benzene rings is 2. The summed E-state index contributed by atoms with van der Waals surface area (Å²) in [5.41, 5.74) is 2.98. The van der Waals surface area contributed by atoms with Crippen LogP contribution >= 0.6 is 11.6 Å². The number of halogens is 1. The molecule has 0 saturated carbocycles. The molecule has 2 aromatic rings. The molecule has 170 valence electrons. The van der Waals surface area contributed by atoms with E-state index in [4.69, 9.17) is 21.1 Å². The Kier molecular flexibility index (Phi) is 7.59. The topological polar surface area (TPSA) is 76.1 Å². The maximum absolute atomic E-state index is 13.1. The van der Waals surface area contributed by atoms with Crippen LogP contribution in [0.4, 0.5) is 0 Å². The average molecular weight is 458 g/mol. The largest absolute Gasteiger partial charge is 0.507 e. The molecule has 6 nitrogen and oxygen atoms in total. The summed E-state index contributed by atoms with van der Waals surface area (Å²) in [7, 11) is 3.03. The lowest BCUT2D eigenvalue weighted by Gasteiger charge is -2.25. The first-order chi connectivity index (χ1) is 15.3. The second-order valence-corrected chi connectivity index (χ2v) is 8.17. The van der Waals surface area contributed by atoms with Crippen LogP contribution in [0.1, 0.15) is 41.6 Å². The monoisotopic (exact) mass is 457 g/mol. The van der Waals surface area contributed by atoms with Crippen molar-refractivity contribution in [2.75, 3.05) is 27.4 Å². The van der Waals surface area contributed by atoms with E-state index in [-0.39, 0.29) is 22.6 Å². The molecule has 1 aliphatic rings. The fourth-order valence-electron chi connectivity index (χ4n) is 4.03. The van der Waals surface area contributed by atoms with Crippen molar-refractivity contribution in [2.45, 2.75) is 32.7 Å². The molecule has 1 unspecified atom stereocenters. The van der Waals surface area contributed by atoms with E-state index in [1.807, 2.05) is 31.2 Å². The van der Waals surface area contributed by atoms with Crippen LogP contribution in [0.25, 0.3) is 5.76 Å². The van der Waals surface area contributed by atoms with Gasteiger partial charge in [-0.2, -0.15) is 0 Å². The molecule has 2 aromatic carbocycles. The number of ketones is 1. The highest BCUT2D eigenvalue weighted by atomic mass is 35.5. The number of likely N-dealkylation sites (tertiary alicyclic amines) is 1. The van der Waals surface area contributed by atoms with Gasteiger partial charge < -0.3 is 19.5 Å². The maximum atomic E-state index is 13.1. The molecule has 1 aliphatic heterocycles. The summed E-state index contributed by atoms with van der Waals surface area (Å²) in [4.78, 5) is 27.6. The van der Waals surface area contributed by atoms with E-state index in [9.17, 15) is 14.7 Å². The van der Waals surface area contributed by atoms with Gasteiger partial charge in [0.05, 0.1) is 29.3 Å². The molecule has 0 spiro atoms. The standard InChI is InChI=1S/C25H28ClNO5/c1-5-16-7-9-17(10-8-16)21-20(23(29)25(30)27(21)11-6-12-31-3)22(28)18-13-15(2)14-19(26)24(18)32-4/h7-10,13-14,21,28H,5-6,11-12H2,1-4H3/b22-20+. The number of hydrogen-bond acceptors (Lipinski definition) is 5. The lowest BCUT2D eigenvalue weighted by atomic mass is 9.93. The zero-order chi connectivity index (χ0) is 23.4. The number of hydrogen-bond donors (Lipinski definition) is 1. The van der Waals surface area contributed by atoms with Gasteiger partial charge in [0.1, 0.15) is 11.5 Å². The van der Waals surface area contributed by atoms with Crippen LogP contribution in [0.5, 0.6) is 5.75 Å². The number of methoxy groups -OCH3 is 2. The minimum Gasteiger partial charge on any atom is -0.507 e. The third kappa shape index (κ3) is 4.52. The molecule has 1 saturated heterocycles. The lowest BCUT2D eigenvalue weighted by Crippen LogP contribution is -2.31. The van der Waals surface area contributed by atoms with Gasteiger partial charge in [-0.3, -0.25) is 9.59 Å². The van der Waals surface area contributed by atoms with E-state index < -0.39 is 17.7 Å². The maximum Gasteiger partial charge on any atom is 0.295 e. The van der Waals surface area contributed by atoms with Crippen molar-refractivity contribution in [2.24, 2.45) is 0 Å². The van der Waals surface area contributed by atoms with Gasteiger partial charge in [0.15, 0.2) is 0 Å². The number of aryl methyl sites for hydroxylation is 2. The molecule has 0 bridgehead atoms. The number of rotatable bonds is 8. The van der Waals surface area contributed by atoms with Gasteiger partial charge in [-0.15, -0.1) is 0 Å². The summed E-state index contributed by atoms with van der Waals surface area (Å²) in [5.74, 6) is -1.43. The van der Waals surface area contributed by atoms with Crippen molar-refractivity contribution in [1.82, 2.24) is 4.90 Å². The molecule has 1 fully saturated rings. The molecule has 0 aromatic heterocycles. The molecule has 1 heterocycles. The Labute approximate surface area is 193 Å². The van der Waals surface area contributed by atoms with Gasteiger partial charge in [-0.25, -0.2) is 0 Å². The molecule has 0 radical (unpaired) electrons. The van der Waals surface area contributed by atoms with Gasteiger partial charge in [0.25, 0.3) is 11.7 Å². The number of aliphatic hydroxyl groups is 1. The molecule has 1 N–H and O–H groups in total. The fraction of sp³-hybridized carbons (Fsp3) is 0.360. The smallest absolute Gasteiger partial charge is 0.295 e. The first-order valence-corrected chi connectivity index (χ1v) is 10.9. The molecular formula is C25H28ClNO5. The first kappa shape index (κ1) is 23.8. The van der Waals surface area contributed by atoms with Crippen molar-refractivity contribution in [3.05, 3.63) is 69.2 Å². The van der Waals surface area contributed by atoms with Crippen LogP contribution in [0.15, 0.2) is 42.0 Å². The molecule has 32 heavy (non-hydrogen) atoms. The molecule has 7 heteroatoms. The van der Waals surface area contributed by atoms with E-state index >= 15 is 0 Å². The van der Waals surface area contributed by atoms with Crippen LogP contribution < -0.4 is 4.74 Å². The lowest BCUT2D eigenvalue weighted by molar-refractivity contribution is -0.140. The predicted molar refractivity (Wildman–Crippen MR) is 124 cm³/mol. The first-order valence-electron chi connectivity index (χ1n) is 10.5. The summed E-state index contributed by atoms with van der Waals surface area (Å²) in [5, 5.41) is 11.6. The van der Waals surface area contributed by atoms with Gasteiger partial charge >= 0.3 is 0 Å². The zero-order valence-corrected chi connectivity index (χ0v) is 19.5. The Hall–Kier alpha value is -2.83. The number of aliphatic hydroxyl groups excluding tert-OH is 1. The normalized spacial score (nSPS) is 17.8. The van der Waals surface area contributed by atoms with E-state index in [2.05, 4.69) is 6.92 Å². The summed E-state index contributed by atoms with van der Waals surface area (Å²) in [6, 6.07) is 10.4. The summed E-state index contributed by atoms with van der Waals surface area (Å²) in [6.45, 7) is 4.65. The highest BCUT2D eigenvalue weighted by Crippen LogP contribution is 2.42. The van der Waals surface area contributed by atoms with E-state index in [1.165, 1.54) is 12.0 Å². The highest BCUT2D eigenvalue weighted by molar-refractivity contribution is 6.46. The van der Waals surface area contributed by atoms with Crippen molar-refractivity contribution in [3.8, 4) is 5.75 Å². The van der Waals surface area contributed by atoms with Gasteiger partial charge in [0.2, 0.25) is 0 Å². The van der Waals surface area contributed by atoms with Crippen molar-refractivity contribution < 1.29 is 24.2 Å². The second kappa shape index (κ2) is 10.2. The van der Waals surface area contributed by atoms with Gasteiger partial charge in [-0.1, -0.05) is 42.8 Å². The fourth-order valence-corrected chi connectivity index (χ4v) is 4.38. The Balaban J connectivity index is 2.20. The number of carbonyl (C=O) groups excluding carboxylic acids is 2. The van der Waals surface area contributed by atoms with Crippen molar-refractivity contribution >= 4 is 29.1 Å². The van der Waals surface area contributed by atoms with Crippen molar-refractivity contribution in [3.63, 3.8) is 0 Å². The van der Waals surface area contributed by atoms with Crippen LogP contribution in [-0.2, 0) is 20.7 Å². The van der Waals surface area contributed by atoms with E-state index in [0.29, 0.717) is 24.6 Å². The Morgan fingerprint density at radius 2 is 1.84 bits per heavy atom. The average Bonchev–Trinajstić information content (AvgIpc) is 3.03. The molecular weight excluding hydrogens is 430 g/mol. The number of Topliss-reactive ketones (excluding diaryl/α,β-unsaturated/α-hetero) is 1. The Morgan fingerprint density at radius 1 is 1.16 bits per heavy atom. The SMILES string of the molecule is CCc1ccc(C2/C(=C(\O)c3cc(C)cc(Cl)c3OC)C(=O)C(=O)N2CCCOC)cc1. The summed E-state index contributed by atoms with van der Waals surface area (Å²) in [6.07, 6.45) is 1.43. The van der Waals surface area contributed by atoms with E-state index in [0.717, 1.165) is 23.1 Å².